The van der Waals surface area contributed by atoms with Crippen LogP contribution in [0.15, 0.2) is 77.8 Å². The first-order chi connectivity index (χ1) is 34.1. The number of nitro benzene ring substituents is 1. The molecule has 0 radical (unpaired) electrons. The van der Waals surface area contributed by atoms with Gasteiger partial charge in [0.15, 0.2) is 0 Å². The number of ether oxygens (including phenoxy) is 2. The van der Waals surface area contributed by atoms with Crippen LogP contribution < -0.4 is 24.6 Å². The van der Waals surface area contributed by atoms with Crippen molar-refractivity contribution >= 4 is 55.4 Å². The average Bonchev–Trinajstić information content (AvgIpc) is 3.72. The molecule has 2 aromatic heterocycles. The van der Waals surface area contributed by atoms with Gasteiger partial charge in [-0.15, -0.1) is 0 Å². The van der Waals surface area contributed by atoms with Crippen molar-refractivity contribution in [2.75, 3.05) is 54.5 Å². The van der Waals surface area contributed by atoms with Gasteiger partial charge in [0.05, 0.1) is 44.7 Å². The Morgan fingerprint density at radius 3 is 2.55 bits per heavy atom. The third-order valence-electron chi connectivity index (χ3n) is 16.7. The summed E-state index contributed by atoms with van der Waals surface area (Å²) in [5.41, 5.74) is 4.04. The van der Waals surface area contributed by atoms with Gasteiger partial charge in [0, 0.05) is 56.3 Å². The topological polar surface area (TPSA) is 196 Å². The van der Waals surface area contributed by atoms with Crippen molar-refractivity contribution < 1.29 is 37.1 Å². The molecular formula is C53H63FN8O8S. The molecule has 1 spiro atoms. The number of piperidine rings is 2. The highest BCUT2D eigenvalue weighted by Crippen LogP contribution is 2.54. The molecule has 5 aromatic rings. The number of aliphatic hydroxyl groups is 1. The molecular weight excluding hydrogens is 928 g/mol. The van der Waals surface area contributed by atoms with Crippen molar-refractivity contribution in [1.29, 1.82) is 0 Å². The van der Waals surface area contributed by atoms with Crippen molar-refractivity contribution in [3.63, 3.8) is 0 Å². The van der Waals surface area contributed by atoms with E-state index in [4.69, 9.17) is 9.47 Å². The predicted molar refractivity (Wildman–Crippen MR) is 268 cm³/mol. The van der Waals surface area contributed by atoms with E-state index < -0.39 is 55.0 Å². The van der Waals surface area contributed by atoms with E-state index in [9.17, 15) is 28.4 Å². The molecule has 3 atom stereocenters. The number of halogens is 1. The van der Waals surface area contributed by atoms with Gasteiger partial charge in [-0.1, -0.05) is 30.7 Å². The van der Waals surface area contributed by atoms with Crippen LogP contribution in [0.1, 0.15) is 112 Å². The van der Waals surface area contributed by atoms with Gasteiger partial charge >= 0.3 is 0 Å². The number of nitro groups is 1. The second kappa shape index (κ2) is 18.7. The molecule has 18 heteroatoms. The Hall–Kier alpha value is -5.82. The first-order valence-electron chi connectivity index (χ1n) is 25.4. The monoisotopic (exact) mass is 990 g/mol. The molecule has 376 valence electrons. The number of likely N-dealkylation sites (tertiary alicyclic amines) is 1. The minimum Gasteiger partial charge on any atom is -0.468 e. The van der Waals surface area contributed by atoms with Crippen LogP contribution in [0.5, 0.6) is 5.88 Å². The first kappa shape index (κ1) is 47.5. The number of carbonyl (C=O) groups is 1. The molecule has 5 fully saturated rings. The van der Waals surface area contributed by atoms with Crippen LogP contribution in [0.3, 0.4) is 0 Å². The number of nitrogens with one attached hydrogen (secondary N) is 3. The van der Waals surface area contributed by atoms with Gasteiger partial charge < -0.3 is 34.7 Å². The maximum atomic E-state index is 15.3. The number of amides is 1. The van der Waals surface area contributed by atoms with Crippen molar-refractivity contribution in [2.45, 2.75) is 126 Å². The molecule has 1 amide bonds. The molecule has 3 aromatic carbocycles. The van der Waals surface area contributed by atoms with Crippen LogP contribution in [-0.4, -0.2) is 102 Å². The molecule has 2 aliphatic carbocycles. The predicted octanol–water partition coefficient (Wildman–Crippen LogP) is 9.05. The summed E-state index contributed by atoms with van der Waals surface area (Å²) in [5.74, 6) is -1.05. The van der Waals surface area contributed by atoms with Gasteiger partial charge in [0.2, 0.25) is 5.88 Å². The summed E-state index contributed by atoms with van der Waals surface area (Å²) in [7, 11) is -4.66. The normalized spacial score (nSPS) is 25.7. The molecule has 4 aliphatic heterocycles. The summed E-state index contributed by atoms with van der Waals surface area (Å²) >= 11 is 0. The van der Waals surface area contributed by atoms with Crippen LogP contribution in [0, 0.1) is 34.2 Å². The number of anilines is 4. The Labute approximate surface area is 413 Å². The summed E-state index contributed by atoms with van der Waals surface area (Å²) in [5, 5.41) is 26.1. The SMILES string of the molecule is Cc1ccccc1[C@H]1CCCCN1C1CC2(CCN(c3ccc(C(=O)NS(=O)(=O)c4ccc(NCC5CCC(C)(O)CC5)c([N+](=O)[O-])c4)c(N4c5cc6c(F)c[nH]c6nc5O[C@H]5COCC[C@@H]54)c3)CC2)C1. The maximum Gasteiger partial charge on any atom is 0.293 e. The molecule has 71 heavy (non-hydrogen) atoms. The largest absolute Gasteiger partial charge is 0.468 e. The smallest absolute Gasteiger partial charge is 0.293 e. The van der Waals surface area contributed by atoms with Crippen molar-refractivity contribution in [3.05, 3.63) is 106 Å². The van der Waals surface area contributed by atoms with E-state index in [1.54, 1.807) is 12.1 Å². The third-order valence-corrected chi connectivity index (χ3v) is 18.1. The molecule has 0 bridgehead atoms. The number of aromatic nitrogens is 2. The van der Waals surface area contributed by atoms with Crippen LogP contribution in [0.2, 0.25) is 0 Å². The number of carbonyl (C=O) groups excluding carboxylic acids is 1. The van der Waals surface area contributed by atoms with E-state index in [2.05, 4.69) is 61.0 Å². The number of H-pyrrole nitrogens is 1. The number of benzene rings is 3. The number of hydrogen-bond acceptors (Lipinski definition) is 13. The Morgan fingerprint density at radius 2 is 1.77 bits per heavy atom. The Morgan fingerprint density at radius 1 is 0.986 bits per heavy atom. The van der Waals surface area contributed by atoms with E-state index in [1.807, 2.05) is 24.0 Å². The Bertz CT molecular complexity index is 2960. The molecule has 11 rings (SSSR count). The third kappa shape index (κ3) is 9.21. The van der Waals surface area contributed by atoms with Crippen molar-refractivity contribution in [2.24, 2.45) is 11.3 Å². The zero-order chi connectivity index (χ0) is 49.2. The highest BCUT2D eigenvalue weighted by Gasteiger charge is 2.50. The number of fused-ring (bicyclic) bond motifs is 3. The van der Waals surface area contributed by atoms with Gasteiger partial charge in [0.1, 0.15) is 28.9 Å². The lowest BCUT2D eigenvalue weighted by atomic mass is 9.59. The quantitative estimate of drug-likeness (QED) is 0.0724. The molecule has 6 heterocycles. The fraction of sp³-hybridized carbons (Fsp3) is 0.509. The number of pyridine rings is 1. The zero-order valence-corrected chi connectivity index (χ0v) is 41.2. The van der Waals surface area contributed by atoms with Gasteiger partial charge in [-0.05, 0) is 150 Å². The van der Waals surface area contributed by atoms with Gasteiger partial charge in [-0.3, -0.25) is 19.8 Å². The molecule has 0 unspecified atom stereocenters. The Kier molecular flexibility index (Phi) is 12.5. The van der Waals surface area contributed by atoms with E-state index in [0.717, 1.165) is 57.1 Å². The summed E-state index contributed by atoms with van der Waals surface area (Å²) in [6.45, 7) is 7.81. The summed E-state index contributed by atoms with van der Waals surface area (Å²) < 4.78 is 58.1. The molecule has 16 nitrogen and oxygen atoms in total. The van der Waals surface area contributed by atoms with E-state index >= 15 is 4.39 Å². The van der Waals surface area contributed by atoms with Crippen molar-refractivity contribution in [3.8, 4) is 5.88 Å². The minimum atomic E-state index is -4.66. The lowest BCUT2D eigenvalue weighted by Gasteiger charge is -2.57. The molecule has 3 saturated heterocycles. The van der Waals surface area contributed by atoms with E-state index in [1.165, 1.54) is 61.6 Å². The number of sulfonamides is 1. The number of aryl methyl sites for hydroxylation is 1. The van der Waals surface area contributed by atoms with E-state index in [-0.39, 0.29) is 40.5 Å². The summed E-state index contributed by atoms with van der Waals surface area (Å²) in [6.07, 6.45) is 12.0. The lowest BCUT2D eigenvalue weighted by Crippen LogP contribution is -2.56. The fourth-order valence-electron chi connectivity index (χ4n) is 12.6. The van der Waals surface area contributed by atoms with Crippen LogP contribution in [0.25, 0.3) is 11.0 Å². The van der Waals surface area contributed by atoms with Crippen LogP contribution >= 0.6 is 0 Å². The standard InChI is InChI=1S/C53H63FN8O8S/c1-33-7-3-4-8-38(33)43-9-5-6-21-60(43)36-28-53(29-36)19-22-59(23-20-53)35-10-12-39(45(25-35)61-44-16-24-69-32-48(44)70-51-47(61)27-40-41(54)31-56-49(40)57-51)50(63)58-71(67,68)37-11-13-42(46(26-37)62(65)66)55-30-34-14-17-52(2,64)18-15-34/h3-4,7-8,10-13,25-27,31,34,36,43-44,48,55,64H,5-6,9,14-24,28-30,32H2,1-2H3,(H,56,57)(H,58,63)/t34?,43-,44+,48+,52?/m1/s1. The first-order valence-corrected chi connectivity index (χ1v) is 26.9. The van der Waals surface area contributed by atoms with E-state index in [0.29, 0.717) is 61.5 Å². The number of aromatic amines is 1. The van der Waals surface area contributed by atoms with Crippen LogP contribution in [-0.2, 0) is 14.8 Å². The fourth-order valence-corrected chi connectivity index (χ4v) is 13.6. The molecule has 2 saturated carbocycles. The van der Waals surface area contributed by atoms with Gasteiger partial charge in [0.25, 0.3) is 21.6 Å². The summed E-state index contributed by atoms with van der Waals surface area (Å²) in [4.78, 5) is 40.5. The van der Waals surface area contributed by atoms with Gasteiger partial charge in [-0.25, -0.2) is 17.5 Å². The highest BCUT2D eigenvalue weighted by molar-refractivity contribution is 7.90. The number of hydrogen-bond donors (Lipinski definition) is 4. The zero-order valence-electron chi connectivity index (χ0n) is 40.4. The average molecular weight is 991 g/mol. The molecule has 4 N–H and O–H groups in total. The summed E-state index contributed by atoms with van der Waals surface area (Å²) in [6, 6.07) is 20.0. The maximum absolute atomic E-state index is 15.3. The number of nitrogens with zero attached hydrogens (tertiary/aromatic N) is 5. The minimum absolute atomic E-state index is 0.0318. The Balaban J connectivity index is 0.877. The van der Waals surface area contributed by atoms with Gasteiger partial charge in [-0.2, -0.15) is 4.98 Å². The highest BCUT2D eigenvalue weighted by atomic mass is 32.2. The van der Waals surface area contributed by atoms with Crippen LogP contribution in [0.4, 0.5) is 32.8 Å². The lowest BCUT2D eigenvalue weighted by molar-refractivity contribution is -0.384. The molecule has 6 aliphatic rings. The second-order valence-corrected chi connectivity index (χ2v) is 23.0. The van der Waals surface area contributed by atoms with Crippen molar-refractivity contribution in [1.82, 2.24) is 19.6 Å². The number of rotatable bonds is 11. The second-order valence-electron chi connectivity index (χ2n) is 21.4.